The van der Waals surface area contributed by atoms with Crippen LogP contribution in [0.2, 0.25) is 0 Å². The van der Waals surface area contributed by atoms with Crippen LogP contribution in [-0.2, 0) is 20.9 Å². The smallest absolute Gasteiger partial charge is 0.308 e. The van der Waals surface area contributed by atoms with Crippen LogP contribution < -0.4 is 4.74 Å². The zero-order chi connectivity index (χ0) is 25.4. The maximum Gasteiger partial charge on any atom is 0.308 e. The van der Waals surface area contributed by atoms with E-state index in [9.17, 15) is 9.59 Å². The molecule has 0 aliphatic heterocycles. The lowest BCUT2D eigenvalue weighted by Gasteiger charge is -2.09. The van der Waals surface area contributed by atoms with E-state index in [1.807, 2.05) is 12.1 Å². The molecule has 0 amide bonds. The highest BCUT2D eigenvalue weighted by Crippen LogP contribution is 2.19. The largest absolute Gasteiger partial charge is 0.461 e. The minimum Gasteiger partial charge on any atom is -0.461 e. The minimum atomic E-state index is -0.401. The molecule has 0 bridgehead atoms. The molecule has 0 saturated heterocycles. The van der Waals surface area contributed by atoms with Crippen LogP contribution in [0.4, 0.5) is 0 Å². The standard InChI is InChI=1S/C31H40O4/c1-3-4-5-6-7-8-9-10-11-12-13-14-15-16-17-18-19-20-21-26-31(33)34-27-29-24-22-23-25-30(29)35-28(2)32/h4-5,7-8,10-11,13-14,16-17,19-20,22-25H,3,6,9,12,15,18,21,26-27H2,1-2H3/b5-4-,8-7-,11-10-,14-13-,17-16-,20-19-. The van der Waals surface area contributed by atoms with E-state index in [1.54, 1.807) is 18.2 Å². The molecule has 0 unspecified atom stereocenters. The molecule has 0 aliphatic rings. The van der Waals surface area contributed by atoms with Crippen LogP contribution in [-0.4, -0.2) is 11.9 Å². The fourth-order valence-corrected chi connectivity index (χ4v) is 2.95. The molecule has 0 radical (unpaired) electrons. The van der Waals surface area contributed by atoms with E-state index >= 15 is 0 Å². The molecular weight excluding hydrogens is 436 g/mol. The van der Waals surface area contributed by atoms with Crippen molar-refractivity contribution in [2.45, 2.75) is 71.8 Å². The zero-order valence-corrected chi connectivity index (χ0v) is 21.2. The van der Waals surface area contributed by atoms with Gasteiger partial charge in [0.15, 0.2) is 0 Å². The number of benzene rings is 1. The van der Waals surface area contributed by atoms with E-state index in [2.05, 4.69) is 73.8 Å². The molecule has 1 aromatic carbocycles. The van der Waals surface area contributed by atoms with Crippen LogP contribution in [0, 0.1) is 0 Å². The van der Waals surface area contributed by atoms with Crippen molar-refractivity contribution in [3.8, 4) is 5.75 Å². The number of hydrogen-bond donors (Lipinski definition) is 0. The third-order valence-corrected chi connectivity index (χ3v) is 4.73. The Balaban J connectivity index is 2.08. The van der Waals surface area contributed by atoms with Gasteiger partial charge in [0.2, 0.25) is 0 Å². The van der Waals surface area contributed by atoms with Gasteiger partial charge in [0.05, 0.1) is 0 Å². The molecule has 4 heteroatoms. The molecular formula is C31H40O4. The first kappa shape index (κ1) is 29.6. The van der Waals surface area contributed by atoms with E-state index in [1.165, 1.54) is 6.92 Å². The molecule has 188 valence electrons. The van der Waals surface area contributed by atoms with Gasteiger partial charge in [0.1, 0.15) is 12.4 Å². The van der Waals surface area contributed by atoms with Gasteiger partial charge in [-0.15, -0.1) is 0 Å². The van der Waals surface area contributed by atoms with E-state index in [-0.39, 0.29) is 12.6 Å². The minimum absolute atomic E-state index is 0.0893. The number of hydrogen-bond acceptors (Lipinski definition) is 4. The average molecular weight is 477 g/mol. The Morgan fingerprint density at radius 2 is 1.20 bits per heavy atom. The van der Waals surface area contributed by atoms with E-state index in [0.29, 0.717) is 24.2 Å². The van der Waals surface area contributed by atoms with Crippen LogP contribution in [0.5, 0.6) is 5.75 Å². The van der Waals surface area contributed by atoms with E-state index in [4.69, 9.17) is 9.47 Å². The molecule has 1 aromatic rings. The van der Waals surface area contributed by atoms with Crippen molar-refractivity contribution in [2.24, 2.45) is 0 Å². The summed E-state index contributed by atoms with van der Waals surface area (Å²) in [5.74, 6) is -0.256. The highest BCUT2D eigenvalue weighted by molar-refractivity contribution is 5.70. The summed E-state index contributed by atoms with van der Waals surface area (Å²) in [6.07, 6.45) is 32.6. The Labute approximate surface area is 211 Å². The first-order valence-corrected chi connectivity index (χ1v) is 12.4. The Kier molecular flexibility index (Phi) is 17.9. The fraction of sp³-hybridized carbons (Fsp3) is 0.355. The summed E-state index contributed by atoms with van der Waals surface area (Å²) in [5, 5.41) is 0. The second kappa shape index (κ2) is 21.2. The Bertz CT molecular complexity index is 900. The molecule has 0 saturated carbocycles. The van der Waals surface area contributed by atoms with Crippen molar-refractivity contribution < 1.29 is 19.1 Å². The first-order chi connectivity index (χ1) is 17.1. The molecule has 0 aliphatic carbocycles. The lowest BCUT2D eigenvalue weighted by atomic mass is 10.2. The summed E-state index contributed by atoms with van der Waals surface area (Å²) in [6.45, 7) is 3.58. The molecule has 0 atom stereocenters. The highest BCUT2D eigenvalue weighted by atomic mass is 16.5. The summed E-state index contributed by atoms with van der Waals surface area (Å²) in [4.78, 5) is 23.1. The molecule has 35 heavy (non-hydrogen) atoms. The number of rotatable bonds is 17. The second-order valence-electron chi connectivity index (χ2n) is 7.82. The summed E-state index contributed by atoms with van der Waals surface area (Å²) in [5.41, 5.74) is 0.671. The van der Waals surface area contributed by atoms with Gasteiger partial charge in [-0.3, -0.25) is 9.59 Å². The number of esters is 2. The summed E-state index contributed by atoms with van der Waals surface area (Å²) in [7, 11) is 0. The van der Waals surface area contributed by atoms with Crippen molar-refractivity contribution in [3.63, 3.8) is 0 Å². The Morgan fingerprint density at radius 3 is 1.71 bits per heavy atom. The normalized spacial score (nSPS) is 12.3. The van der Waals surface area contributed by atoms with Crippen LogP contribution in [0.15, 0.2) is 97.2 Å². The van der Waals surface area contributed by atoms with Gasteiger partial charge in [-0.25, -0.2) is 0 Å². The molecule has 0 N–H and O–H groups in total. The molecule has 0 aromatic heterocycles. The topological polar surface area (TPSA) is 52.6 Å². The lowest BCUT2D eigenvalue weighted by Crippen LogP contribution is -2.07. The van der Waals surface area contributed by atoms with Gasteiger partial charge in [-0.2, -0.15) is 0 Å². The van der Waals surface area contributed by atoms with Crippen LogP contribution in [0.1, 0.15) is 70.8 Å². The summed E-state index contributed by atoms with van der Waals surface area (Å²) in [6, 6.07) is 7.04. The highest BCUT2D eigenvalue weighted by Gasteiger charge is 2.08. The SMILES string of the molecule is CC/C=C\C/C=C\C/C=C\C/C=C\C/C=C\C/C=C\CCC(=O)OCc1ccccc1OC(C)=O. The molecule has 0 heterocycles. The van der Waals surface area contributed by atoms with Gasteiger partial charge in [-0.1, -0.05) is 98.0 Å². The maximum absolute atomic E-state index is 11.9. The molecule has 0 fully saturated rings. The van der Waals surface area contributed by atoms with Crippen molar-refractivity contribution >= 4 is 11.9 Å². The Hall–Kier alpha value is -3.40. The number of ether oxygens (including phenoxy) is 2. The lowest BCUT2D eigenvalue weighted by molar-refractivity contribution is -0.144. The third kappa shape index (κ3) is 17.7. The van der Waals surface area contributed by atoms with Crippen molar-refractivity contribution in [1.29, 1.82) is 0 Å². The molecule has 4 nitrogen and oxygen atoms in total. The van der Waals surface area contributed by atoms with Gasteiger partial charge >= 0.3 is 11.9 Å². The van der Waals surface area contributed by atoms with Crippen LogP contribution in [0.3, 0.4) is 0 Å². The average Bonchev–Trinajstić information content (AvgIpc) is 2.84. The Morgan fingerprint density at radius 1 is 0.714 bits per heavy atom. The summed E-state index contributed by atoms with van der Waals surface area (Å²) >= 11 is 0. The molecule has 0 spiro atoms. The molecule has 1 rings (SSSR count). The summed E-state index contributed by atoms with van der Waals surface area (Å²) < 4.78 is 10.4. The zero-order valence-electron chi connectivity index (χ0n) is 21.2. The quantitative estimate of drug-likeness (QED) is 0.129. The second-order valence-corrected chi connectivity index (χ2v) is 7.82. The third-order valence-electron chi connectivity index (χ3n) is 4.73. The van der Waals surface area contributed by atoms with Crippen LogP contribution in [0.25, 0.3) is 0 Å². The maximum atomic E-state index is 11.9. The fourth-order valence-electron chi connectivity index (χ4n) is 2.95. The van der Waals surface area contributed by atoms with Gasteiger partial charge in [-0.05, 0) is 51.0 Å². The predicted molar refractivity (Wildman–Crippen MR) is 145 cm³/mol. The number of carbonyl (C=O) groups is 2. The number of carbonyl (C=O) groups excluding carboxylic acids is 2. The monoisotopic (exact) mass is 476 g/mol. The van der Waals surface area contributed by atoms with Gasteiger partial charge in [0.25, 0.3) is 0 Å². The van der Waals surface area contributed by atoms with Crippen molar-refractivity contribution in [2.75, 3.05) is 0 Å². The van der Waals surface area contributed by atoms with Crippen molar-refractivity contribution in [3.05, 3.63) is 103 Å². The van der Waals surface area contributed by atoms with Gasteiger partial charge < -0.3 is 9.47 Å². The predicted octanol–water partition coefficient (Wildman–Crippen LogP) is 8.13. The number of allylic oxidation sites excluding steroid dienone is 12. The van der Waals surface area contributed by atoms with E-state index in [0.717, 1.165) is 38.5 Å². The first-order valence-electron chi connectivity index (χ1n) is 12.4. The van der Waals surface area contributed by atoms with Crippen LogP contribution >= 0.6 is 0 Å². The van der Waals surface area contributed by atoms with E-state index < -0.39 is 5.97 Å². The number of para-hydroxylation sites is 1. The van der Waals surface area contributed by atoms with Crippen molar-refractivity contribution in [1.82, 2.24) is 0 Å². The van der Waals surface area contributed by atoms with Gasteiger partial charge in [0, 0.05) is 18.9 Å².